The van der Waals surface area contributed by atoms with Gasteiger partial charge in [-0.1, -0.05) is 43.5 Å². The zero-order valence-corrected chi connectivity index (χ0v) is 26.2. The third-order valence-corrected chi connectivity index (χ3v) is 11.4. The van der Waals surface area contributed by atoms with Crippen molar-refractivity contribution >= 4 is 38.7 Å². The van der Waals surface area contributed by atoms with Crippen molar-refractivity contribution < 1.29 is 27.4 Å². The number of likely N-dealkylation sites (N-methyl/N-ethyl adjacent to an activating group) is 1. The summed E-state index contributed by atoms with van der Waals surface area (Å²) in [5, 5.41) is 10.4. The number of aryl methyl sites for hydroxylation is 1. The number of benzene rings is 3. The van der Waals surface area contributed by atoms with Gasteiger partial charge in [-0.05, 0) is 61.6 Å². The molecule has 1 atom stereocenters. The number of aromatic carboxylic acids is 1. The second-order valence-electron chi connectivity index (χ2n) is 11.4. The average molecular weight is 636 g/mol. The number of ether oxygens (including phenoxy) is 1. The molecular formula is C33H34FN3O5S2. The number of carbonyl (C=O) groups is 1. The zero-order valence-electron chi connectivity index (χ0n) is 24.6. The normalized spacial score (nSPS) is 18.9. The molecule has 1 fully saturated rings. The van der Waals surface area contributed by atoms with Gasteiger partial charge in [-0.15, -0.1) is 11.3 Å². The summed E-state index contributed by atoms with van der Waals surface area (Å²) in [5.74, 6) is -1.75. The first-order valence-corrected chi connectivity index (χ1v) is 16.9. The fourth-order valence-electron chi connectivity index (χ4n) is 6.33. The highest BCUT2D eigenvalue weighted by molar-refractivity contribution is 7.89. The van der Waals surface area contributed by atoms with Crippen LogP contribution in [0.1, 0.15) is 52.3 Å². The Bertz CT molecular complexity index is 1790. The topological polar surface area (TPSA) is 100 Å². The Balaban J connectivity index is 1.56. The lowest BCUT2D eigenvalue weighted by Gasteiger charge is -2.36. The van der Waals surface area contributed by atoms with Crippen LogP contribution in [-0.2, 0) is 16.6 Å². The lowest BCUT2D eigenvalue weighted by Crippen LogP contribution is -2.46. The van der Waals surface area contributed by atoms with E-state index >= 15 is 0 Å². The van der Waals surface area contributed by atoms with Crippen molar-refractivity contribution in [1.82, 2.24) is 9.29 Å². The molecule has 1 aromatic heterocycles. The predicted molar refractivity (Wildman–Crippen MR) is 169 cm³/mol. The van der Waals surface area contributed by atoms with Gasteiger partial charge in [0.25, 0.3) is 0 Å². The number of hydrogen-bond donors (Lipinski definition) is 1. The number of carboxylic acid groups (broad SMARTS) is 1. The quantitative estimate of drug-likeness (QED) is 0.228. The molecule has 3 aromatic carbocycles. The van der Waals surface area contributed by atoms with E-state index in [9.17, 15) is 22.7 Å². The highest BCUT2D eigenvalue weighted by atomic mass is 32.2. The standard InChI is InChI=1S/C33H34FN3O5S2/c1-21-18-35-32(43-21)20-42-30-17-28-31(16-25(30)23-13-14-27(34)26(15-23)33(38)39)44(40,41)36(2)29(22-9-5-3-6-10-22)19-37(28)24-11-7-4-8-12-24/h4,7-8,11-18,22,29H,3,5-6,9-10,19-20H2,1-2H3,(H,38,39)/t29-/m0/s1. The summed E-state index contributed by atoms with van der Waals surface area (Å²) in [7, 11) is -2.35. The molecule has 4 aromatic rings. The van der Waals surface area contributed by atoms with Gasteiger partial charge in [0.2, 0.25) is 10.0 Å². The van der Waals surface area contributed by atoms with Crippen LogP contribution in [0.4, 0.5) is 15.8 Å². The van der Waals surface area contributed by atoms with Crippen LogP contribution in [0.25, 0.3) is 11.1 Å². The Morgan fingerprint density at radius 2 is 1.84 bits per heavy atom. The monoisotopic (exact) mass is 635 g/mol. The van der Waals surface area contributed by atoms with Gasteiger partial charge in [0.1, 0.15) is 28.1 Å². The predicted octanol–water partition coefficient (Wildman–Crippen LogP) is 7.26. The minimum Gasteiger partial charge on any atom is -0.486 e. The van der Waals surface area contributed by atoms with Crippen molar-refractivity contribution in [3.8, 4) is 16.9 Å². The number of sulfonamides is 1. The molecule has 2 aliphatic rings. The molecular weight excluding hydrogens is 602 g/mol. The molecule has 0 unspecified atom stereocenters. The minimum atomic E-state index is -4.01. The van der Waals surface area contributed by atoms with Crippen molar-refractivity contribution in [2.75, 3.05) is 18.5 Å². The maximum Gasteiger partial charge on any atom is 0.338 e. The molecule has 0 spiro atoms. The number of thiazole rings is 1. The van der Waals surface area contributed by atoms with Crippen molar-refractivity contribution in [3.05, 3.63) is 88.1 Å². The maximum absolute atomic E-state index is 14.5. The second kappa shape index (κ2) is 12.3. The van der Waals surface area contributed by atoms with Gasteiger partial charge in [0, 0.05) is 48.0 Å². The number of nitrogens with zero attached hydrogens (tertiary/aromatic N) is 3. The first-order valence-electron chi connectivity index (χ1n) is 14.7. The van der Waals surface area contributed by atoms with Gasteiger partial charge in [0.15, 0.2) is 0 Å². The van der Waals surface area contributed by atoms with Crippen LogP contribution in [-0.4, -0.2) is 48.4 Å². The van der Waals surface area contributed by atoms with Crippen molar-refractivity contribution in [2.24, 2.45) is 5.92 Å². The summed E-state index contributed by atoms with van der Waals surface area (Å²) in [4.78, 5) is 19.4. The third kappa shape index (κ3) is 5.83. The van der Waals surface area contributed by atoms with Crippen molar-refractivity contribution in [3.63, 3.8) is 0 Å². The number of fused-ring (bicyclic) bond motifs is 1. The molecule has 11 heteroatoms. The van der Waals surface area contributed by atoms with E-state index in [1.54, 1.807) is 25.4 Å². The Hall–Kier alpha value is -3.80. The smallest absolute Gasteiger partial charge is 0.338 e. The number of anilines is 2. The van der Waals surface area contributed by atoms with Gasteiger partial charge in [0.05, 0.1) is 11.3 Å². The molecule has 1 aliphatic heterocycles. The van der Waals surface area contributed by atoms with E-state index in [4.69, 9.17) is 4.74 Å². The SMILES string of the molecule is Cc1cnc(COc2cc3c(cc2-c2ccc(F)c(C(=O)O)c2)S(=O)(=O)N(C)[C@H](C2CCCCC2)CN3c2ccccc2)s1. The molecule has 0 amide bonds. The molecule has 1 saturated carbocycles. The molecule has 1 aliphatic carbocycles. The van der Waals surface area contributed by atoms with Crippen molar-refractivity contribution in [1.29, 1.82) is 0 Å². The Kier molecular flexibility index (Phi) is 8.45. The molecule has 2 heterocycles. The number of carboxylic acids is 1. The zero-order chi connectivity index (χ0) is 31.0. The van der Waals surface area contributed by atoms with Gasteiger partial charge in [-0.25, -0.2) is 22.6 Å². The van der Waals surface area contributed by atoms with E-state index in [0.717, 1.165) is 53.7 Å². The fraction of sp³-hybridized carbons (Fsp3) is 0.333. The fourth-order valence-corrected chi connectivity index (χ4v) is 8.63. The largest absolute Gasteiger partial charge is 0.486 e. The minimum absolute atomic E-state index is 0.0794. The number of hydrogen-bond acceptors (Lipinski definition) is 7. The first kappa shape index (κ1) is 30.2. The molecule has 0 saturated heterocycles. The van der Waals surface area contributed by atoms with Crippen LogP contribution < -0.4 is 9.64 Å². The molecule has 6 rings (SSSR count). The maximum atomic E-state index is 14.5. The van der Waals surface area contributed by atoms with E-state index in [2.05, 4.69) is 4.98 Å². The van der Waals surface area contributed by atoms with Crippen LogP contribution in [0.15, 0.2) is 71.8 Å². The molecule has 8 nitrogen and oxygen atoms in total. The van der Waals surface area contributed by atoms with Crippen LogP contribution >= 0.6 is 11.3 Å². The lowest BCUT2D eigenvalue weighted by atomic mass is 9.83. The highest BCUT2D eigenvalue weighted by Crippen LogP contribution is 2.46. The lowest BCUT2D eigenvalue weighted by molar-refractivity contribution is 0.0692. The Morgan fingerprint density at radius 1 is 1.09 bits per heavy atom. The number of rotatable bonds is 7. The molecule has 44 heavy (non-hydrogen) atoms. The summed E-state index contributed by atoms with van der Waals surface area (Å²) in [6.45, 7) is 2.53. The summed E-state index contributed by atoms with van der Waals surface area (Å²) in [5.41, 5.74) is 1.48. The summed E-state index contributed by atoms with van der Waals surface area (Å²) in [6.07, 6.45) is 6.98. The van der Waals surface area contributed by atoms with Gasteiger partial charge in [-0.2, -0.15) is 4.31 Å². The van der Waals surface area contributed by atoms with E-state index in [0.29, 0.717) is 29.1 Å². The van der Waals surface area contributed by atoms with E-state index in [1.165, 1.54) is 27.8 Å². The summed E-state index contributed by atoms with van der Waals surface area (Å²) >= 11 is 1.49. The Morgan fingerprint density at radius 3 is 2.52 bits per heavy atom. The molecule has 230 valence electrons. The molecule has 1 N–H and O–H groups in total. The van der Waals surface area contributed by atoms with Crippen LogP contribution in [0.2, 0.25) is 0 Å². The number of halogens is 1. The van der Waals surface area contributed by atoms with E-state index < -0.39 is 27.4 Å². The van der Waals surface area contributed by atoms with Crippen LogP contribution in [0.3, 0.4) is 0 Å². The van der Waals surface area contributed by atoms with E-state index in [1.807, 2.05) is 42.2 Å². The third-order valence-electron chi connectivity index (χ3n) is 8.64. The average Bonchev–Trinajstić information content (AvgIpc) is 3.42. The molecule has 0 radical (unpaired) electrons. The number of aromatic nitrogens is 1. The summed E-state index contributed by atoms with van der Waals surface area (Å²) < 4.78 is 51.2. The van der Waals surface area contributed by atoms with Gasteiger partial charge in [-0.3, -0.25) is 0 Å². The highest BCUT2D eigenvalue weighted by Gasteiger charge is 2.41. The van der Waals surface area contributed by atoms with Crippen LogP contribution in [0, 0.1) is 18.7 Å². The number of para-hydroxylation sites is 1. The van der Waals surface area contributed by atoms with Crippen molar-refractivity contribution in [2.45, 2.75) is 56.6 Å². The van der Waals surface area contributed by atoms with Crippen LogP contribution in [0.5, 0.6) is 5.75 Å². The van der Waals surface area contributed by atoms with E-state index in [-0.39, 0.29) is 23.5 Å². The van der Waals surface area contributed by atoms with Gasteiger partial charge >= 0.3 is 5.97 Å². The Labute approximate surface area is 260 Å². The summed E-state index contributed by atoms with van der Waals surface area (Å²) in [6, 6.07) is 16.4. The first-order chi connectivity index (χ1) is 21.1. The molecule has 0 bridgehead atoms. The second-order valence-corrected chi connectivity index (χ2v) is 14.7. The van der Waals surface area contributed by atoms with Gasteiger partial charge < -0.3 is 14.7 Å².